The molecule has 0 aliphatic carbocycles. The number of halogens is 1. The van der Waals surface area contributed by atoms with Gasteiger partial charge >= 0.3 is 0 Å². The monoisotopic (exact) mass is 362 g/mol. The third kappa shape index (κ3) is 2.74. The summed E-state index contributed by atoms with van der Waals surface area (Å²) in [5.74, 6) is -0.203. The Labute approximate surface area is 133 Å². The molecule has 0 unspecified atom stereocenters. The van der Waals surface area contributed by atoms with E-state index in [0.29, 0.717) is 22.8 Å². The summed E-state index contributed by atoms with van der Waals surface area (Å²) in [5, 5.41) is 11.4. The normalized spacial score (nSPS) is 10.7. The lowest BCUT2D eigenvalue weighted by molar-refractivity contribution is 0.0955. The van der Waals surface area contributed by atoms with Gasteiger partial charge in [0.25, 0.3) is 5.91 Å². The zero-order valence-corrected chi connectivity index (χ0v) is 13.2. The van der Waals surface area contributed by atoms with Crippen molar-refractivity contribution >= 4 is 48.9 Å². The lowest BCUT2D eigenvalue weighted by Crippen LogP contribution is -2.23. The molecule has 3 N–H and O–H groups in total. The molecule has 2 heterocycles. The van der Waals surface area contributed by atoms with Crippen LogP contribution in [0.3, 0.4) is 0 Å². The Morgan fingerprint density at radius 3 is 2.90 bits per heavy atom. The van der Waals surface area contributed by atoms with Gasteiger partial charge in [-0.3, -0.25) is 4.79 Å². The van der Waals surface area contributed by atoms with Crippen molar-refractivity contribution < 1.29 is 4.79 Å². The Hall–Kier alpha value is -1.99. The Balaban J connectivity index is 1.85. The molecule has 0 aliphatic rings. The van der Waals surface area contributed by atoms with Crippen molar-refractivity contribution in [2.45, 2.75) is 6.54 Å². The number of anilines is 1. The first kappa shape index (κ1) is 14.0. The van der Waals surface area contributed by atoms with Crippen LogP contribution in [-0.2, 0) is 6.54 Å². The zero-order chi connectivity index (χ0) is 14.8. The van der Waals surface area contributed by atoms with Gasteiger partial charge in [0.05, 0.1) is 17.9 Å². The van der Waals surface area contributed by atoms with E-state index in [0.717, 1.165) is 14.6 Å². The molecule has 21 heavy (non-hydrogen) atoms. The fourth-order valence-corrected chi connectivity index (χ4v) is 3.75. The average molecular weight is 363 g/mol. The van der Waals surface area contributed by atoms with Gasteiger partial charge in [-0.2, -0.15) is 10.2 Å². The van der Waals surface area contributed by atoms with Gasteiger partial charge in [-0.15, -0.1) is 11.3 Å². The van der Waals surface area contributed by atoms with E-state index in [4.69, 9.17) is 5.73 Å². The van der Waals surface area contributed by atoms with Crippen molar-refractivity contribution in [2.75, 3.05) is 5.73 Å². The smallest absolute Gasteiger partial charge is 0.263 e. The van der Waals surface area contributed by atoms with Gasteiger partial charge in [0, 0.05) is 20.8 Å². The number of carbonyl (C=O) groups excluding carboxylic acids is 1. The predicted octanol–water partition coefficient (Wildman–Crippen LogP) is 2.97. The first-order valence-corrected chi connectivity index (χ1v) is 7.79. The van der Waals surface area contributed by atoms with Gasteiger partial charge in [-0.25, -0.2) is 0 Å². The molecule has 3 rings (SSSR count). The average Bonchev–Trinajstić information content (AvgIpc) is 2.84. The minimum atomic E-state index is -0.203. The van der Waals surface area contributed by atoms with Gasteiger partial charge in [0.15, 0.2) is 0 Å². The number of aromatic nitrogens is 2. The highest BCUT2D eigenvalue weighted by molar-refractivity contribution is 9.10. The van der Waals surface area contributed by atoms with E-state index in [1.54, 1.807) is 18.3 Å². The maximum Gasteiger partial charge on any atom is 0.263 e. The van der Waals surface area contributed by atoms with Gasteiger partial charge in [0.1, 0.15) is 4.88 Å². The molecule has 0 aliphatic heterocycles. The Kier molecular flexibility index (Phi) is 3.85. The van der Waals surface area contributed by atoms with Crippen molar-refractivity contribution in [3.8, 4) is 0 Å². The molecule has 5 nitrogen and oxygen atoms in total. The third-order valence-electron chi connectivity index (χ3n) is 2.97. The SMILES string of the molecule is Nc1c(C(=O)NCc2cccnn2)sc2cccc(Br)c12. The Morgan fingerprint density at radius 1 is 1.33 bits per heavy atom. The second kappa shape index (κ2) is 5.79. The van der Waals surface area contributed by atoms with Crippen LogP contribution in [0.1, 0.15) is 15.4 Å². The Bertz CT molecular complexity index is 803. The van der Waals surface area contributed by atoms with Crippen LogP contribution < -0.4 is 11.1 Å². The summed E-state index contributed by atoms with van der Waals surface area (Å²) in [5.41, 5.74) is 7.30. The van der Waals surface area contributed by atoms with E-state index < -0.39 is 0 Å². The molecular formula is C14H11BrN4OS. The van der Waals surface area contributed by atoms with Crippen LogP contribution in [0, 0.1) is 0 Å². The van der Waals surface area contributed by atoms with Crippen molar-refractivity contribution in [1.29, 1.82) is 0 Å². The molecule has 0 radical (unpaired) electrons. The van der Waals surface area contributed by atoms with Crippen LogP contribution in [-0.4, -0.2) is 16.1 Å². The second-order valence-corrected chi connectivity index (χ2v) is 6.26. The molecule has 0 saturated carbocycles. The van der Waals surface area contributed by atoms with Gasteiger partial charge < -0.3 is 11.1 Å². The maximum atomic E-state index is 12.3. The number of hydrogen-bond donors (Lipinski definition) is 2. The zero-order valence-electron chi connectivity index (χ0n) is 10.8. The van der Waals surface area contributed by atoms with Crippen LogP contribution in [0.5, 0.6) is 0 Å². The molecule has 1 amide bonds. The summed E-state index contributed by atoms with van der Waals surface area (Å²) in [6.45, 7) is 0.321. The highest BCUT2D eigenvalue weighted by Crippen LogP contribution is 2.38. The number of thiophene rings is 1. The largest absolute Gasteiger partial charge is 0.397 e. The number of nitrogens with one attached hydrogen (secondary N) is 1. The number of amides is 1. The topological polar surface area (TPSA) is 80.9 Å². The van der Waals surface area contributed by atoms with E-state index in [-0.39, 0.29) is 5.91 Å². The van der Waals surface area contributed by atoms with Crippen LogP contribution in [0.15, 0.2) is 41.0 Å². The molecule has 3 aromatic rings. The van der Waals surface area contributed by atoms with Crippen molar-refractivity contribution in [3.05, 3.63) is 51.6 Å². The first-order chi connectivity index (χ1) is 10.2. The minimum absolute atomic E-state index is 0.203. The molecule has 0 atom stereocenters. The number of benzene rings is 1. The number of hydrogen-bond acceptors (Lipinski definition) is 5. The molecule has 0 saturated heterocycles. The summed E-state index contributed by atoms with van der Waals surface area (Å²) in [4.78, 5) is 12.8. The van der Waals surface area contributed by atoms with E-state index in [1.165, 1.54) is 11.3 Å². The summed E-state index contributed by atoms with van der Waals surface area (Å²) < 4.78 is 1.87. The molecule has 7 heteroatoms. The number of nitrogens with two attached hydrogens (primary N) is 1. The highest BCUT2D eigenvalue weighted by Gasteiger charge is 2.17. The van der Waals surface area contributed by atoms with E-state index in [9.17, 15) is 4.79 Å². The molecule has 0 spiro atoms. The van der Waals surface area contributed by atoms with Crippen LogP contribution in [0.2, 0.25) is 0 Å². The fourth-order valence-electron chi connectivity index (χ4n) is 1.98. The number of nitrogens with zero attached hydrogens (tertiary/aromatic N) is 2. The number of carbonyl (C=O) groups is 1. The van der Waals surface area contributed by atoms with Crippen LogP contribution in [0.25, 0.3) is 10.1 Å². The van der Waals surface area contributed by atoms with Crippen LogP contribution in [0.4, 0.5) is 5.69 Å². The molecule has 0 fully saturated rings. The number of nitrogen functional groups attached to an aromatic ring is 1. The summed E-state index contributed by atoms with van der Waals surface area (Å²) >= 11 is 4.84. The number of rotatable bonds is 3. The van der Waals surface area contributed by atoms with Crippen molar-refractivity contribution in [2.24, 2.45) is 0 Å². The van der Waals surface area contributed by atoms with Gasteiger partial charge in [-0.1, -0.05) is 22.0 Å². The second-order valence-electron chi connectivity index (χ2n) is 4.36. The highest BCUT2D eigenvalue weighted by atomic mass is 79.9. The summed E-state index contributed by atoms with van der Waals surface area (Å²) in [6, 6.07) is 9.36. The maximum absolute atomic E-state index is 12.3. The minimum Gasteiger partial charge on any atom is -0.397 e. The van der Waals surface area contributed by atoms with Crippen molar-refractivity contribution in [1.82, 2.24) is 15.5 Å². The number of fused-ring (bicyclic) bond motifs is 1. The predicted molar refractivity (Wildman–Crippen MR) is 87.1 cm³/mol. The summed E-state index contributed by atoms with van der Waals surface area (Å²) in [6.07, 6.45) is 1.59. The van der Waals surface area contributed by atoms with E-state index >= 15 is 0 Å². The van der Waals surface area contributed by atoms with Gasteiger partial charge in [-0.05, 0) is 24.3 Å². The molecule has 0 bridgehead atoms. The Morgan fingerprint density at radius 2 is 2.19 bits per heavy atom. The molecular weight excluding hydrogens is 352 g/mol. The standard InChI is InChI=1S/C14H11BrN4OS/c15-9-4-1-5-10-11(9)12(16)13(21-10)14(20)17-7-8-3-2-6-18-19-8/h1-6H,7,16H2,(H,17,20). The summed E-state index contributed by atoms with van der Waals surface area (Å²) in [7, 11) is 0. The molecule has 106 valence electrons. The molecule has 1 aromatic carbocycles. The molecule has 2 aromatic heterocycles. The third-order valence-corrected chi connectivity index (χ3v) is 4.80. The lowest BCUT2D eigenvalue weighted by Gasteiger charge is -2.03. The quantitative estimate of drug-likeness (QED) is 0.750. The van der Waals surface area contributed by atoms with Crippen LogP contribution >= 0.6 is 27.3 Å². The van der Waals surface area contributed by atoms with E-state index in [1.807, 2.05) is 18.2 Å². The van der Waals surface area contributed by atoms with Crippen molar-refractivity contribution in [3.63, 3.8) is 0 Å². The first-order valence-electron chi connectivity index (χ1n) is 6.18. The van der Waals surface area contributed by atoms with E-state index in [2.05, 4.69) is 31.4 Å². The lowest BCUT2D eigenvalue weighted by atomic mass is 10.2. The van der Waals surface area contributed by atoms with Gasteiger partial charge in [0.2, 0.25) is 0 Å². The fraction of sp³-hybridized carbons (Fsp3) is 0.0714.